The summed E-state index contributed by atoms with van der Waals surface area (Å²) in [7, 11) is 0. The number of anilines is 1. The second kappa shape index (κ2) is 5.96. The Morgan fingerprint density at radius 3 is 2.39 bits per heavy atom. The number of ketones is 1. The van der Waals surface area contributed by atoms with Crippen molar-refractivity contribution >= 4 is 28.5 Å². The van der Waals surface area contributed by atoms with E-state index in [-0.39, 0.29) is 23.8 Å². The molecule has 5 heteroatoms. The number of hydrogen-bond acceptors (Lipinski definition) is 4. The molecule has 0 bridgehead atoms. The molecule has 2 N–H and O–H groups in total. The Balaban J connectivity index is 2.27. The first-order valence-electron chi connectivity index (χ1n) is 7.31. The Hall–Kier alpha value is -3.08. The van der Waals surface area contributed by atoms with E-state index in [2.05, 4.69) is 0 Å². The highest BCUT2D eigenvalue weighted by molar-refractivity contribution is 6.18. The number of aromatic nitrogens is 1. The number of rotatable bonds is 3. The van der Waals surface area contributed by atoms with Crippen molar-refractivity contribution in [2.75, 3.05) is 12.3 Å². The average Bonchev–Trinajstić information content (AvgIpc) is 2.88. The van der Waals surface area contributed by atoms with Gasteiger partial charge in [0.15, 0.2) is 0 Å². The summed E-state index contributed by atoms with van der Waals surface area (Å²) >= 11 is 0. The molecule has 0 aliphatic rings. The van der Waals surface area contributed by atoms with E-state index in [1.807, 2.05) is 12.1 Å². The maximum Gasteiger partial charge on any atom is 0.419 e. The van der Waals surface area contributed by atoms with Crippen molar-refractivity contribution < 1.29 is 14.3 Å². The summed E-state index contributed by atoms with van der Waals surface area (Å²) in [6, 6.07) is 15.8. The van der Waals surface area contributed by atoms with Gasteiger partial charge in [-0.1, -0.05) is 48.5 Å². The molecular weight excluding hydrogens is 292 g/mol. The zero-order valence-corrected chi connectivity index (χ0v) is 12.7. The number of carbonyl (C=O) groups excluding carboxylic acids is 2. The highest BCUT2D eigenvalue weighted by atomic mass is 16.5. The Kier molecular flexibility index (Phi) is 3.85. The number of carbonyl (C=O) groups is 2. The van der Waals surface area contributed by atoms with Gasteiger partial charge >= 0.3 is 6.09 Å². The summed E-state index contributed by atoms with van der Waals surface area (Å²) < 4.78 is 6.35. The van der Waals surface area contributed by atoms with Crippen LogP contribution in [0, 0.1) is 0 Å². The van der Waals surface area contributed by atoms with Gasteiger partial charge in [0.2, 0.25) is 5.78 Å². The largest absolute Gasteiger partial charge is 0.449 e. The van der Waals surface area contributed by atoms with Gasteiger partial charge < -0.3 is 10.5 Å². The lowest BCUT2D eigenvalue weighted by molar-refractivity contribution is 0.102. The third kappa shape index (κ3) is 2.46. The van der Waals surface area contributed by atoms with Crippen molar-refractivity contribution in [3.63, 3.8) is 0 Å². The number of fused-ring (bicyclic) bond motifs is 1. The zero-order chi connectivity index (χ0) is 16.4. The van der Waals surface area contributed by atoms with Crippen molar-refractivity contribution in [2.45, 2.75) is 6.92 Å². The van der Waals surface area contributed by atoms with Gasteiger partial charge in [-0.25, -0.2) is 9.36 Å². The van der Waals surface area contributed by atoms with Crippen molar-refractivity contribution in [2.24, 2.45) is 0 Å². The molecule has 3 rings (SSSR count). The average molecular weight is 308 g/mol. The lowest BCUT2D eigenvalue weighted by Gasteiger charge is -2.09. The molecule has 0 saturated carbocycles. The van der Waals surface area contributed by atoms with Crippen LogP contribution in [-0.2, 0) is 4.74 Å². The quantitative estimate of drug-likeness (QED) is 0.752. The van der Waals surface area contributed by atoms with Crippen molar-refractivity contribution in [3.8, 4) is 0 Å². The van der Waals surface area contributed by atoms with Crippen LogP contribution in [0.1, 0.15) is 23.0 Å². The minimum atomic E-state index is -0.611. The lowest BCUT2D eigenvalue weighted by atomic mass is 10.1. The van der Waals surface area contributed by atoms with Crippen LogP contribution < -0.4 is 5.73 Å². The molecule has 0 saturated heterocycles. The van der Waals surface area contributed by atoms with Gasteiger partial charge in [0.1, 0.15) is 5.69 Å². The molecule has 0 aliphatic heterocycles. The molecule has 0 spiro atoms. The van der Waals surface area contributed by atoms with Crippen LogP contribution in [0.4, 0.5) is 10.5 Å². The molecule has 0 fully saturated rings. The Morgan fingerprint density at radius 2 is 1.70 bits per heavy atom. The van der Waals surface area contributed by atoms with Crippen LogP contribution in [0.2, 0.25) is 0 Å². The maximum atomic E-state index is 12.9. The van der Waals surface area contributed by atoms with Crippen LogP contribution in [0.5, 0.6) is 0 Å². The molecule has 0 radical (unpaired) electrons. The molecule has 2 aromatic carbocycles. The van der Waals surface area contributed by atoms with Crippen molar-refractivity contribution in [1.29, 1.82) is 0 Å². The van der Waals surface area contributed by atoms with E-state index in [0.717, 1.165) is 0 Å². The van der Waals surface area contributed by atoms with Crippen LogP contribution in [0.15, 0.2) is 54.6 Å². The fraction of sp³-hybridized carbons (Fsp3) is 0.111. The summed E-state index contributed by atoms with van der Waals surface area (Å²) in [6.07, 6.45) is -0.611. The first-order chi connectivity index (χ1) is 11.1. The summed E-state index contributed by atoms with van der Waals surface area (Å²) in [5.74, 6) is -0.313. The molecule has 23 heavy (non-hydrogen) atoms. The Labute approximate surface area is 133 Å². The summed E-state index contributed by atoms with van der Waals surface area (Å²) in [6.45, 7) is 1.93. The smallest absolute Gasteiger partial charge is 0.419 e. The van der Waals surface area contributed by atoms with Gasteiger partial charge in [0.05, 0.1) is 17.8 Å². The molecule has 5 nitrogen and oxygen atoms in total. The first kappa shape index (κ1) is 14.8. The standard InChI is InChI=1S/C18H16N2O3/c1-2-23-18(22)20-14-11-7-6-10-13(14)15(19)16(20)17(21)12-8-4-3-5-9-12/h3-11H,2,19H2,1H3. The van der Waals surface area contributed by atoms with Crippen LogP contribution in [0.25, 0.3) is 10.9 Å². The maximum absolute atomic E-state index is 12.9. The predicted octanol–water partition coefficient (Wildman–Crippen LogP) is 3.46. The zero-order valence-electron chi connectivity index (χ0n) is 12.7. The molecule has 0 amide bonds. The summed E-state index contributed by atoms with van der Waals surface area (Å²) in [5, 5.41) is 0.653. The Bertz CT molecular complexity index is 882. The highest BCUT2D eigenvalue weighted by Crippen LogP contribution is 2.30. The fourth-order valence-corrected chi connectivity index (χ4v) is 2.59. The molecule has 3 aromatic rings. The molecule has 0 atom stereocenters. The van der Waals surface area contributed by atoms with Gasteiger partial charge in [-0.2, -0.15) is 0 Å². The van der Waals surface area contributed by atoms with E-state index in [1.54, 1.807) is 49.4 Å². The number of benzene rings is 2. The van der Waals surface area contributed by atoms with Gasteiger partial charge in [0.25, 0.3) is 0 Å². The van der Waals surface area contributed by atoms with E-state index >= 15 is 0 Å². The monoisotopic (exact) mass is 308 g/mol. The second-order valence-corrected chi connectivity index (χ2v) is 5.01. The third-order valence-electron chi connectivity index (χ3n) is 3.62. The van der Waals surface area contributed by atoms with E-state index in [1.165, 1.54) is 4.57 Å². The SMILES string of the molecule is CCOC(=O)n1c(C(=O)c2ccccc2)c(N)c2ccccc21. The van der Waals surface area contributed by atoms with Gasteiger partial charge in [-0.05, 0) is 13.0 Å². The van der Waals surface area contributed by atoms with E-state index in [9.17, 15) is 9.59 Å². The van der Waals surface area contributed by atoms with Crippen LogP contribution >= 0.6 is 0 Å². The highest BCUT2D eigenvalue weighted by Gasteiger charge is 2.26. The Morgan fingerprint density at radius 1 is 1.04 bits per heavy atom. The van der Waals surface area contributed by atoms with E-state index < -0.39 is 6.09 Å². The van der Waals surface area contributed by atoms with E-state index in [4.69, 9.17) is 10.5 Å². The number of nitrogen functional groups attached to an aromatic ring is 1. The molecular formula is C18H16N2O3. The van der Waals surface area contributed by atoms with E-state index in [0.29, 0.717) is 16.5 Å². The second-order valence-electron chi connectivity index (χ2n) is 5.01. The molecule has 0 aliphatic carbocycles. The number of nitrogens with two attached hydrogens (primary N) is 1. The minimum absolute atomic E-state index is 0.135. The third-order valence-corrected chi connectivity index (χ3v) is 3.62. The minimum Gasteiger partial charge on any atom is -0.449 e. The van der Waals surface area contributed by atoms with Crippen molar-refractivity contribution in [3.05, 3.63) is 65.9 Å². The van der Waals surface area contributed by atoms with Crippen molar-refractivity contribution in [1.82, 2.24) is 4.57 Å². The lowest BCUT2D eigenvalue weighted by Crippen LogP contribution is -2.20. The number of nitrogens with zero attached hydrogens (tertiary/aromatic N) is 1. The molecule has 1 heterocycles. The van der Waals surface area contributed by atoms with Crippen LogP contribution in [-0.4, -0.2) is 23.1 Å². The first-order valence-corrected chi connectivity index (χ1v) is 7.31. The normalized spacial score (nSPS) is 10.7. The van der Waals surface area contributed by atoms with Gasteiger partial charge in [-0.15, -0.1) is 0 Å². The topological polar surface area (TPSA) is 74.3 Å². The molecule has 116 valence electrons. The van der Waals surface area contributed by atoms with Gasteiger partial charge in [-0.3, -0.25) is 4.79 Å². The molecule has 0 unspecified atom stereocenters. The number of para-hydroxylation sites is 1. The summed E-state index contributed by atoms with van der Waals surface area (Å²) in [4.78, 5) is 25.2. The van der Waals surface area contributed by atoms with Gasteiger partial charge in [0, 0.05) is 10.9 Å². The van der Waals surface area contributed by atoms with Crippen LogP contribution in [0.3, 0.4) is 0 Å². The number of hydrogen-bond donors (Lipinski definition) is 1. The fourth-order valence-electron chi connectivity index (χ4n) is 2.59. The summed E-state index contributed by atoms with van der Waals surface area (Å²) in [5.41, 5.74) is 7.60. The molecule has 1 aromatic heterocycles. The predicted molar refractivity (Wildman–Crippen MR) is 88.6 cm³/mol. The number of ether oxygens (including phenoxy) is 1.